The fraction of sp³-hybridized carbons (Fsp3) is 0.286. The third-order valence-electron chi connectivity index (χ3n) is 6.15. The van der Waals surface area contributed by atoms with Gasteiger partial charge in [-0.2, -0.15) is 0 Å². The van der Waals surface area contributed by atoms with Crippen molar-refractivity contribution in [3.63, 3.8) is 0 Å². The Morgan fingerprint density at radius 3 is 2.32 bits per heavy atom. The minimum absolute atomic E-state index is 0.0644. The molecule has 3 aromatic carbocycles. The molecule has 3 amide bonds. The zero-order valence-corrected chi connectivity index (χ0v) is 24.0. The number of β-amino-alcohol motifs (C(OH)–C–C–N with tert-alkyl or cyclic N) is 1. The highest BCUT2D eigenvalue weighted by Gasteiger charge is 2.39. The first-order valence-corrected chi connectivity index (χ1v) is 14.4. The van der Waals surface area contributed by atoms with Gasteiger partial charge in [-0.05, 0) is 80.9 Å². The number of amides is 3. The molecule has 4 rings (SSSR count). The number of halogens is 3. The number of hydrogen-bond donors (Lipinski definition) is 4. The maximum absolute atomic E-state index is 15.2. The summed E-state index contributed by atoms with van der Waals surface area (Å²) in [5.41, 5.74) is -0.640. The Hall–Kier alpha value is -3.58. The Bertz CT molecular complexity index is 1580. The second kappa shape index (κ2) is 11.7. The van der Waals surface area contributed by atoms with E-state index >= 15 is 4.39 Å². The van der Waals surface area contributed by atoms with Gasteiger partial charge in [-0.1, -0.05) is 17.7 Å². The molecule has 0 saturated carbocycles. The van der Waals surface area contributed by atoms with Gasteiger partial charge >= 0.3 is 6.03 Å². The standard InChI is InChI=1S/C28H29ClF2N4O5S/c1-28(2,3)34-41(39,40)25-11-7-18(30)13-21(25)16-4-10-23(22(31)12-16)33-26(37)24-14-20(36)15-35(24)27(38)32-19-8-5-17(29)6-9-19/h4-13,20,24,34,36H,14-15H2,1-3H3,(H,32,38)(H,33,37)/t20-,24-/m1/s1. The van der Waals surface area contributed by atoms with Gasteiger partial charge in [0.15, 0.2) is 0 Å². The van der Waals surface area contributed by atoms with Crippen molar-refractivity contribution >= 4 is 44.9 Å². The second-order valence-corrected chi connectivity index (χ2v) is 12.8. The first kappa shape index (κ1) is 30.4. The summed E-state index contributed by atoms with van der Waals surface area (Å²) in [6, 6.07) is 11.2. The molecule has 2 atom stereocenters. The van der Waals surface area contributed by atoms with Crippen LogP contribution in [0.2, 0.25) is 5.02 Å². The van der Waals surface area contributed by atoms with Gasteiger partial charge in [0, 0.05) is 34.8 Å². The molecule has 0 aliphatic carbocycles. The molecule has 1 heterocycles. The van der Waals surface area contributed by atoms with Gasteiger partial charge in [-0.3, -0.25) is 4.79 Å². The van der Waals surface area contributed by atoms with Crippen LogP contribution in [0.4, 0.5) is 25.0 Å². The summed E-state index contributed by atoms with van der Waals surface area (Å²) in [5, 5.41) is 15.7. The zero-order valence-electron chi connectivity index (χ0n) is 22.4. The lowest BCUT2D eigenvalue weighted by Gasteiger charge is -2.24. The van der Waals surface area contributed by atoms with Crippen LogP contribution in [0.15, 0.2) is 65.6 Å². The molecular formula is C28H29ClF2N4O5S. The summed E-state index contributed by atoms with van der Waals surface area (Å²) in [5.74, 6) is -2.37. The van der Waals surface area contributed by atoms with Crippen LogP contribution < -0.4 is 15.4 Å². The SMILES string of the molecule is CC(C)(C)NS(=O)(=O)c1ccc(F)cc1-c1ccc(NC(=O)[C@H]2C[C@@H](O)CN2C(=O)Nc2ccc(Cl)cc2)c(F)c1. The third kappa shape index (κ3) is 7.39. The lowest BCUT2D eigenvalue weighted by molar-refractivity contribution is -0.119. The zero-order chi connectivity index (χ0) is 30.1. The van der Waals surface area contributed by atoms with Crippen molar-refractivity contribution in [3.05, 3.63) is 77.3 Å². The van der Waals surface area contributed by atoms with Crippen molar-refractivity contribution < 1.29 is 31.9 Å². The molecule has 1 saturated heterocycles. The number of carbonyl (C=O) groups is 2. The van der Waals surface area contributed by atoms with E-state index < -0.39 is 51.3 Å². The Labute approximate surface area is 241 Å². The average molecular weight is 607 g/mol. The number of likely N-dealkylation sites (tertiary alicyclic amines) is 1. The highest BCUT2D eigenvalue weighted by molar-refractivity contribution is 7.89. The fourth-order valence-corrected chi connectivity index (χ4v) is 6.19. The maximum atomic E-state index is 15.2. The van der Waals surface area contributed by atoms with Crippen LogP contribution in [0.3, 0.4) is 0 Å². The molecular weight excluding hydrogens is 578 g/mol. The number of aliphatic hydroxyl groups excluding tert-OH is 1. The minimum Gasteiger partial charge on any atom is -0.391 e. The molecule has 4 N–H and O–H groups in total. The molecule has 0 spiro atoms. The van der Waals surface area contributed by atoms with E-state index in [9.17, 15) is 27.5 Å². The van der Waals surface area contributed by atoms with Crippen molar-refractivity contribution in [2.45, 2.75) is 49.8 Å². The molecule has 0 unspecified atom stereocenters. The number of carbonyl (C=O) groups excluding carboxylic acids is 2. The summed E-state index contributed by atoms with van der Waals surface area (Å²) in [4.78, 5) is 26.8. The number of anilines is 2. The molecule has 0 aromatic heterocycles. The van der Waals surface area contributed by atoms with E-state index in [4.69, 9.17) is 11.6 Å². The molecule has 1 aliphatic rings. The number of nitrogens with zero attached hydrogens (tertiary/aromatic N) is 1. The minimum atomic E-state index is -4.09. The van der Waals surface area contributed by atoms with Crippen molar-refractivity contribution in [2.24, 2.45) is 0 Å². The Balaban J connectivity index is 1.55. The Morgan fingerprint density at radius 2 is 1.68 bits per heavy atom. The van der Waals surface area contributed by atoms with E-state index in [1.807, 2.05) is 0 Å². The van der Waals surface area contributed by atoms with Crippen LogP contribution in [0.25, 0.3) is 11.1 Å². The predicted octanol–water partition coefficient (Wildman–Crippen LogP) is 4.97. The number of benzene rings is 3. The number of sulfonamides is 1. The largest absolute Gasteiger partial charge is 0.391 e. The highest BCUT2D eigenvalue weighted by Crippen LogP contribution is 2.32. The quantitative estimate of drug-likeness (QED) is 0.315. The van der Waals surface area contributed by atoms with Crippen molar-refractivity contribution in [1.82, 2.24) is 9.62 Å². The number of urea groups is 1. The summed E-state index contributed by atoms with van der Waals surface area (Å²) < 4.78 is 57.8. The second-order valence-electron chi connectivity index (χ2n) is 10.7. The van der Waals surface area contributed by atoms with Gasteiger partial charge in [0.05, 0.1) is 16.7 Å². The van der Waals surface area contributed by atoms with Crippen LogP contribution in [0, 0.1) is 11.6 Å². The smallest absolute Gasteiger partial charge is 0.322 e. The number of rotatable bonds is 6. The number of nitrogens with one attached hydrogen (secondary N) is 3. The monoisotopic (exact) mass is 606 g/mol. The Morgan fingerprint density at radius 1 is 1.00 bits per heavy atom. The Kier molecular flexibility index (Phi) is 8.69. The normalized spacial score (nSPS) is 17.4. The number of aliphatic hydroxyl groups is 1. The summed E-state index contributed by atoms with van der Waals surface area (Å²) >= 11 is 5.86. The first-order valence-electron chi connectivity index (χ1n) is 12.6. The molecule has 13 heteroatoms. The van der Waals surface area contributed by atoms with Crippen LogP contribution in [-0.4, -0.2) is 54.6 Å². The fourth-order valence-electron chi connectivity index (χ4n) is 4.44. The lowest BCUT2D eigenvalue weighted by atomic mass is 10.0. The van der Waals surface area contributed by atoms with E-state index in [1.54, 1.807) is 45.0 Å². The lowest BCUT2D eigenvalue weighted by Crippen LogP contribution is -2.45. The molecule has 218 valence electrons. The molecule has 9 nitrogen and oxygen atoms in total. The molecule has 0 radical (unpaired) electrons. The van der Waals surface area contributed by atoms with Gasteiger partial charge < -0.3 is 20.6 Å². The van der Waals surface area contributed by atoms with Crippen LogP contribution in [-0.2, 0) is 14.8 Å². The van der Waals surface area contributed by atoms with E-state index in [-0.39, 0.29) is 34.7 Å². The van der Waals surface area contributed by atoms with E-state index in [2.05, 4.69) is 15.4 Å². The van der Waals surface area contributed by atoms with Crippen LogP contribution >= 0.6 is 11.6 Å². The third-order valence-corrected chi connectivity index (χ3v) is 8.22. The topological polar surface area (TPSA) is 128 Å². The van der Waals surface area contributed by atoms with Crippen LogP contribution in [0.1, 0.15) is 27.2 Å². The van der Waals surface area contributed by atoms with Gasteiger partial charge in [-0.25, -0.2) is 26.7 Å². The van der Waals surface area contributed by atoms with E-state index in [1.165, 1.54) is 12.1 Å². The predicted molar refractivity (Wildman–Crippen MR) is 152 cm³/mol. The van der Waals surface area contributed by atoms with E-state index in [0.29, 0.717) is 10.7 Å². The van der Waals surface area contributed by atoms with Gasteiger partial charge in [0.1, 0.15) is 17.7 Å². The summed E-state index contributed by atoms with van der Waals surface area (Å²) in [6.45, 7) is 4.84. The molecule has 1 aliphatic heterocycles. The average Bonchev–Trinajstić information content (AvgIpc) is 3.27. The molecule has 3 aromatic rings. The summed E-state index contributed by atoms with van der Waals surface area (Å²) in [7, 11) is -4.09. The van der Waals surface area contributed by atoms with Gasteiger partial charge in [-0.15, -0.1) is 0 Å². The van der Waals surface area contributed by atoms with Gasteiger partial charge in [0.25, 0.3) is 0 Å². The summed E-state index contributed by atoms with van der Waals surface area (Å²) in [6.07, 6.45) is -1.03. The van der Waals surface area contributed by atoms with E-state index in [0.717, 1.165) is 29.2 Å². The molecule has 41 heavy (non-hydrogen) atoms. The number of hydrogen-bond acceptors (Lipinski definition) is 5. The molecule has 0 bridgehead atoms. The van der Waals surface area contributed by atoms with Crippen molar-refractivity contribution in [1.29, 1.82) is 0 Å². The highest BCUT2D eigenvalue weighted by atomic mass is 35.5. The molecule has 1 fully saturated rings. The van der Waals surface area contributed by atoms with Crippen molar-refractivity contribution in [2.75, 3.05) is 17.2 Å². The van der Waals surface area contributed by atoms with Gasteiger partial charge in [0.2, 0.25) is 15.9 Å². The first-order chi connectivity index (χ1) is 19.1. The van der Waals surface area contributed by atoms with Crippen LogP contribution in [0.5, 0.6) is 0 Å². The maximum Gasteiger partial charge on any atom is 0.322 e. The van der Waals surface area contributed by atoms with Crippen molar-refractivity contribution in [3.8, 4) is 11.1 Å².